The second-order valence-corrected chi connectivity index (χ2v) is 4.07. The van der Waals surface area contributed by atoms with E-state index in [1.165, 1.54) is 0 Å². The third-order valence-corrected chi connectivity index (χ3v) is 1.67. The first kappa shape index (κ1) is 12.9. The molecule has 0 atom stereocenters. The zero-order valence-electron chi connectivity index (χ0n) is 9.39. The first-order valence-electron chi connectivity index (χ1n) is 4.98. The molecule has 0 rings (SSSR count). The highest BCUT2D eigenvalue weighted by Crippen LogP contribution is 1.97. The Labute approximate surface area is 85.4 Å². The number of amides is 2. The number of hydrogen-bond donors (Lipinski definition) is 2. The topological polar surface area (TPSA) is 58.2 Å². The summed E-state index contributed by atoms with van der Waals surface area (Å²) in [6.45, 7) is 7.80. The highest BCUT2D eigenvalue weighted by atomic mass is 16.2. The van der Waals surface area contributed by atoms with E-state index >= 15 is 0 Å². The maximum atomic E-state index is 11.1. The molecule has 0 unspecified atom stereocenters. The third kappa shape index (κ3) is 6.46. The predicted octanol–water partition coefficient (Wildman–Crippen LogP) is 0.878. The van der Waals surface area contributed by atoms with Gasteiger partial charge in [-0.3, -0.25) is 9.59 Å². The van der Waals surface area contributed by atoms with Gasteiger partial charge in [-0.1, -0.05) is 27.7 Å². The minimum atomic E-state index is -0.0464. The van der Waals surface area contributed by atoms with E-state index in [-0.39, 0.29) is 24.4 Å². The Morgan fingerprint density at radius 1 is 1.07 bits per heavy atom. The summed E-state index contributed by atoms with van der Waals surface area (Å²) in [4.78, 5) is 22.2. The highest BCUT2D eigenvalue weighted by molar-refractivity contribution is 5.79. The van der Waals surface area contributed by atoms with Crippen molar-refractivity contribution < 1.29 is 9.59 Å². The zero-order valence-corrected chi connectivity index (χ0v) is 9.39. The molecule has 0 aliphatic heterocycles. The molecule has 0 aromatic carbocycles. The fraction of sp³-hybridized carbons (Fsp3) is 0.800. The van der Waals surface area contributed by atoms with Crippen LogP contribution in [0.1, 0.15) is 34.1 Å². The molecule has 2 amide bonds. The zero-order chi connectivity index (χ0) is 11.1. The fourth-order valence-electron chi connectivity index (χ4n) is 0.877. The van der Waals surface area contributed by atoms with Crippen molar-refractivity contribution in [2.24, 2.45) is 11.8 Å². The van der Waals surface area contributed by atoms with Crippen molar-refractivity contribution in [3.8, 4) is 0 Å². The Bertz CT molecular complexity index is 200. The van der Waals surface area contributed by atoms with Gasteiger partial charge in [-0.25, -0.2) is 0 Å². The normalized spacial score (nSPS) is 10.4. The van der Waals surface area contributed by atoms with Gasteiger partial charge in [0, 0.05) is 12.3 Å². The molecule has 14 heavy (non-hydrogen) atoms. The maximum Gasteiger partial charge on any atom is 0.223 e. The lowest BCUT2D eigenvalue weighted by Gasteiger charge is -2.09. The van der Waals surface area contributed by atoms with Crippen LogP contribution in [0.5, 0.6) is 0 Å². The molecule has 0 aliphatic carbocycles. The molecule has 0 radical (unpaired) electrons. The van der Waals surface area contributed by atoms with Crippen molar-refractivity contribution in [2.75, 3.05) is 6.67 Å². The highest BCUT2D eigenvalue weighted by Gasteiger charge is 2.07. The van der Waals surface area contributed by atoms with Crippen LogP contribution in [0.4, 0.5) is 0 Å². The molecular weight excluding hydrogens is 180 g/mol. The van der Waals surface area contributed by atoms with E-state index in [1.54, 1.807) is 0 Å². The second kappa shape index (κ2) is 6.40. The molecule has 0 fully saturated rings. The molecule has 0 bridgehead atoms. The van der Waals surface area contributed by atoms with Crippen molar-refractivity contribution in [3.05, 3.63) is 0 Å². The number of carbonyl (C=O) groups excluding carboxylic acids is 2. The number of nitrogens with one attached hydrogen (secondary N) is 2. The van der Waals surface area contributed by atoms with E-state index in [9.17, 15) is 9.59 Å². The standard InChI is InChI=1S/C10H20N2O2/c1-7(2)5-9(13)11-6-12-10(14)8(3)4/h7-8H,5-6H2,1-4H3,(H,11,13)(H,12,14). The third-order valence-electron chi connectivity index (χ3n) is 1.67. The minimum absolute atomic E-state index is 0.0240. The van der Waals surface area contributed by atoms with Crippen molar-refractivity contribution in [1.29, 1.82) is 0 Å². The van der Waals surface area contributed by atoms with Crippen LogP contribution in [0.2, 0.25) is 0 Å². The summed E-state index contributed by atoms with van der Waals surface area (Å²) in [7, 11) is 0. The molecule has 82 valence electrons. The average molecular weight is 200 g/mol. The molecule has 0 saturated carbocycles. The minimum Gasteiger partial charge on any atom is -0.339 e. The van der Waals surface area contributed by atoms with Crippen LogP contribution < -0.4 is 10.6 Å². The quantitative estimate of drug-likeness (QED) is 0.647. The second-order valence-electron chi connectivity index (χ2n) is 4.07. The molecular formula is C10H20N2O2. The predicted molar refractivity (Wildman–Crippen MR) is 55.4 cm³/mol. The van der Waals surface area contributed by atoms with Crippen molar-refractivity contribution >= 4 is 11.8 Å². The maximum absolute atomic E-state index is 11.1. The monoisotopic (exact) mass is 200 g/mol. The van der Waals surface area contributed by atoms with Gasteiger partial charge < -0.3 is 10.6 Å². The largest absolute Gasteiger partial charge is 0.339 e. The molecule has 0 aromatic heterocycles. The summed E-state index contributed by atoms with van der Waals surface area (Å²) < 4.78 is 0. The number of hydrogen-bond acceptors (Lipinski definition) is 2. The van der Waals surface area contributed by atoms with Crippen LogP contribution in [0.25, 0.3) is 0 Å². The summed E-state index contributed by atoms with van der Waals surface area (Å²) in [5, 5.41) is 5.24. The van der Waals surface area contributed by atoms with Gasteiger partial charge in [-0.2, -0.15) is 0 Å². The smallest absolute Gasteiger partial charge is 0.223 e. The summed E-state index contributed by atoms with van der Waals surface area (Å²) in [6.07, 6.45) is 0.498. The van der Waals surface area contributed by atoms with E-state index in [1.807, 2.05) is 27.7 Å². The van der Waals surface area contributed by atoms with Gasteiger partial charge >= 0.3 is 0 Å². The Balaban J connectivity index is 3.54. The number of carbonyl (C=O) groups is 2. The van der Waals surface area contributed by atoms with Crippen LogP contribution in [0.3, 0.4) is 0 Å². The lowest BCUT2D eigenvalue weighted by atomic mass is 10.1. The molecule has 0 heterocycles. The first-order valence-corrected chi connectivity index (χ1v) is 4.98. The lowest BCUT2D eigenvalue weighted by molar-refractivity contribution is -0.125. The van der Waals surface area contributed by atoms with E-state index in [0.717, 1.165) is 0 Å². The van der Waals surface area contributed by atoms with Crippen molar-refractivity contribution in [2.45, 2.75) is 34.1 Å². The van der Waals surface area contributed by atoms with E-state index < -0.39 is 0 Å². The number of rotatable bonds is 5. The average Bonchev–Trinajstić information content (AvgIpc) is 2.02. The van der Waals surface area contributed by atoms with Crippen LogP contribution in [0, 0.1) is 11.8 Å². The molecule has 0 aliphatic rings. The summed E-state index contributed by atoms with van der Waals surface area (Å²) in [5.41, 5.74) is 0. The van der Waals surface area contributed by atoms with Gasteiger partial charge in [-0.15, -0.1) is 0 Å². The SMILES string of the molecule is CC(C)CC(=O)NCNC(=O)C(C)C. The van der Waals surface area contributed by atoms with Gasteiger partial charge in [-0.05, 0) is 5.92 Å². The van der Waals surface area contributed by atoms with E-state index in [2.05, 4.69) is 10.6 Å². The van der Waals surface area contributed by atoms with Crippen LogP contribution in [-0.4, -0.2) is 18.5 Å². The lowest BCUT2D eigenvalue weighted by Crippen LogP contribution is -2.39. The molecule has 0 saturated heterocycles. The van der Waals surface area contributed by atoms with Crippen LogP contribution in [0.15, 0.2) is 0 Å². The van der Waals surface area contributed by atoms with Gasteiger partial charge in [0.05, 0.1) is 6.67 Å². The van der Waals surface area contributed by atoms with E-state index in [4.69, 9.17) is 0 Å². The molecule has 0 spiro atoms. The summed E-state index contributed by atoms with van der Waals surface area (Å²) in [5.74, 6) is 0.228. The Kier molecular flexibility index (Phi) is 5.92. The first-order chi connectivity index (χ1) is 6.43. The fourth-order valence-corrected chi connectivity index (χ4v) is 0.877. The molecule has 4 heteroatoms. The van der Waals surface area contributed by atoms with Crippen molar-refractivity contribution in [1.82, 2.24) is 10.6 Å². The van der Waals surface area contributed by atoms with Crippen LogP contribution >= 0.6 is 0 Å². The van der Waals surface area contributed by atoms with Gasteiger partial charge in [0.15, 0.2) is 0 Å². The van der Waals surface area contributed by atoms with Crippen LogP contribution in [-0.2, 0) is 9.59 Å². The summed E-state index contributed by atoms with van der Waals surface area (Å²) in [6, 6.07) is 0. The van der Waals surface area contributed by atoms with Gasteiger partial charge in [0.1, 0.15) is 0 Å². The van der Waals surface area contributed by atoms with Crippen molar-refractivity contribution in [3.63, 3.8) is 0 Å². The Morgan fingerprint density at radius 3 is 2.07 bits per heavy atom. The molecule has 0 aromatic rings. The van der Waals surface area contributed by atoms with Gasteiger partial charge in [0.25, 0.3) is 0 Å². The molecule has 4 nitrogen and oxygen atoms in total. The van der Waals surface area contributed by atoms with E-state index in [0.29, 0.717) is 12.3 Å². The molecule has 2 N–H and O–H groups in total. The van der Waals surface area contributed by atoms with Gasteiger partial charge in [0.2, 0.25) is 11.8 Å². The Hall–Kier alpha value is -1.06. The Morgan fingerprint density at radius 2 is 1.64 bits per heavy atom. The summed E-state index contributed by atoms with van der Waals surface area (Å²) >= 11 is 0.